The second kappa shape index (κ2) is 11.7. The second-order valence-electron chi connectivity index (χ2n) is 10.2. The Kier molecular flexibility index (Phi) is 9.27. The zero-order valence-corrected chi connectivity index (χ0v) is 20.6. The number of alkyl carbamates (subject to hydrolysis) is 1. The molecule has 0 aliphatic heterocycles. The number of nitrogens with one attached hydrogen (secondary N) is 1. The lowest BCUT2D eigenvalue weighted by Gasteiger charge is -2.24. The Hall–Kier alpha value is -3.08. The monoisotopic (exact) mass is 451 g/mol. The molecule has 178 valence electrons. The van der Waals surface area contributed by atoms with Crippen molar-refractivity contribution < 1.29 is 19.1 Å². The Bertz CT molecular complexity index is 908. The summed E-state index contributed by atoms with van der Waals surface area (Å²) in [6.45, 7) is 11.1. The molecule has 2 atom stereocenters. The average Bonchev–Trinajstić information content (AvgIpc) is 2.69. The van der Waals surface area contributed by atoms with Gasteiger partial charge in [0.25, 0.3) is 0 Å². The van der Waals surface area contributed by atoms with Crippen LogP contribution < -0.4 is 5.32 Å². The number of esters is 1. The third-order valence-corrected chi connectivity index (χ3v) is 4.58. The van der Waals surface area contributed by atoms with E-state index >= 15 is 0 Å². The van der Waals surface area contributed by atoms with Crippen molar-refractivity contribution in [3.8, 4) is 0 Å². The molecule has 2 aromatic rings. The van der Waals surface area contributed by atoms with Crippen LogP contribution in [-0.2, 0) is 27.1 Å². The number of carbonyl (C=O) groups excluding carboxylic acids is 2. The van der Waals surface area contributed by atoms with Gasteiger partial charge in [0.2, 0.25) is 0 Å². The number of hydrogen-bond acceptors (Lipinski definition) is 4. The average molecular weight is 452 g/mol. The van der Waals surface area contributed by atoms with E-state index < -0.39 is 23.2 Å². The molecule has 0 saturated carbocycles. The lowest BCUT2D eigenvalue weighted by atomic mass is 9.96. The smallest absolute Gasteiger partial charge is 0.408 e. The SMILES string of the molecule is CC(C)(C)OC(=O)N[C@H](/C=C/[C@@H](Cc1ccccc1)C(=O)OC(C)(C)C)Cc1ccccc1. The molecule has 2 aromatic carbocycles. The summed E-state index contributed by atoms with van der Waals surface area (Å²) in [6, 6.07) is 19.4. The molecule has 0 fully saturated rings. The second-order valence-corrected chi connectivity index (χ2v) is 10.2. The summed E-state index contributed by atoms with van der Waals surface area (Å²) < 4.78 is 11.1. The first-order valence-corrected chi connectivity index (χ1v) is 11.4. The molecule has 0 aromatic heterocycles. The number of rotatable bonds is 8. The normalized spacial score (nSPS) is 13.9. The molecule has 5 nitrogen and oxygen atoms in total. The van der Waals surface area contributed by atoms with E-state index in [1.165, 1.54) is 0 Å². The Balaban J connectivity index is 2.25. The van der Waals surface area contributed by atoms with E-state index in [9.17, 15) is 9.59 Å². The summed E-state index contributed by atoms with van der Waals surface area (Å²) in [5.74, 6) is -0.774. The van der Waals surface area contributed by atoms with Crippen LogP contribution in [0.3, 0.4) is 0 Å². The molecule has 0 spiro atoms. The molecule has 0 aliphatic carbocycles. The van der Waals surface area contributed by atoms with Crippen LogP contribution in [0.15, 0.2) is 72.8 Å². The maximum Gasteiger partial charge on any atom is 0.408 e. The van der Waals surface area contributed by atoms with Gasteiger partial charge in [0.1, 0.15) is 11.2 Å². The van der Waals surface area contributed by atoms with Gasteiger partial charge < -0.3 is 14.8 Å². The van der Waals surface area contributed by atoms with Gasteiger partial charge in [0.05, 0.1) is 12.0 Å². The molecule has 0 radical (unpaired) electrons. The van der Waals surface area contributed by atoms with Gasteiger partial charge in [-0.3, -0.25) is 4.79 Å². The van der Waals surface area contributed by atoms with Crippen LogP contribution >= 0.6 is 0 Å². The van der Waals surface area contributed by atoms with Crippen molar-refractivity contribution >= 4 is 12.1 Å². The number of hydrogen-bond donors (Lipinski definition) is 1. The van der Waals surface area contributed by atoms with Gasteiger partial charge in [-0.2, -0.15) is 0 Å². The summed E-state index contributed by atoms with van der Waals surface area (Å²) in [4.78, 5) is 25.4. The van der Waals surface area contributed by atoms with E-state index in [1.54, 1.807) is 0 Å². The molecule has 1 N–H and O–H groups in total. The lowest BCUT2D eigenvalue weighted by molar-refractivity contribution is -0.158. The van der Waals surface area contributed by atoms with E-state index in [0.717, 1.165) is 11.1 Å². The predicted octanol–water partition coefficient (Wildman–Crippen LogP) is 5.88. The fraction of sp³-hybridized carbons (Fsp3) is 0.429. The Labute approximate surface area is 198 Å². The van der Waals surface area contributed by atoms with Crippen molar-refractivity contribution in [3.63, 3.8) is 0 Å². The maximum atomic E-state index is 13.0. The summed E-state index contributed by atoms with van der Waals surface area (Å²) in [7, 11) is 0. The first-order valence-electron chi connectivity index (χ1n) is 11.4. The van der Waals surface area contributed by atoms with Gasteiger partial charge in [-0.25, -0.2) is 4.79 Å². The third-order valence-electron chi connectivity index (χ3n) is 4.58. The lowest BCUT2D eigenvalue weighted by Crippen LogP contribution is -2.39. The minimum absolute atomic E-state index is 0.293. The number of ether oxygens (including phenoxy) is 2. The van der Waals surface area contributed by atoms with E-state index in [4.69, 9.17) is 9.47 Å². The largest absolute Gasteiger partial charge is 0.460 e. The van der Waals surface area contributed by atoms with Crippen molar-refractivity contribution in [2.24, 2.45) is 5.92 Å². The van der Waals surface area contributed by atoms with Crippen molar-refractivity contribution in [2.75, 3.05) is 0 Å². The molecule has 33 heavy (non-hydrogen) atoms. The molecule has 0 aliphatic rings. The minimum Gasteiger partial charge on any atom is -0.460 e. The molecule has 0 unspecified atom stereocenters. The Morgan fingerprint density at radius 2 is 1.24 bits per heavy atom. The first-order chi connectivity index (χ1) is 15.4. The van der Waals surface area contributed by atoms with E-state index in [2.05, 4.69) is 5.32 Å². The van der Waals surface area contributed by atoms with Crippen molar-refractivity contribution in [1.29, 1.82) is 0 Å². The zero-order valence-electron chi connectivity index (χ0n) is 20.6. The van der Waals surface area contributed by atoms with Crippen LogP contribution in [0.1, 0.15) is 52.7 Å². The molecule has 0 saturated heterocycles. The highest BCUT2D eigenvalue weighted by atomic mass is 16.6. The van der Waals surface area contributed by atoms with Crippen molar-refractivity contribution in [3.05, 3.63) is 83.9 Å². The molecular formula is C28H37NO4. The highest BCUT2D eigenvalue weighted by Gasteiger charge is 2.25. The standard InChI is InChI=1S/C28H37NO4/c1-27(2,3)32-25(30)23(19-21-13-9-7-10-14-21)17-18-24(20-22-15-11-8-12-16-22)29-26(31)33-28(4,5)6/h7-18,23-24H,19-20H2,1-6H3,(H,29,31)/b18-17+/t23-,24+/m0/s1. The Morgan fingerprint density at radius 3 is 1.73 bits per heavy atom. The van der Waals surface area contributed by atoms with E-state index in [1.807, 2.05) is 114 Å². The van der Waals surface area contributed by atoms with Gasteiger partial charge in [-0.05, 0) is 65.5 Å². The quantitative estimate of drug-likeness (QED) is 0.402. The van der Waals surface area contributed by atoms with E-state index in [-0.39, 0.29) is 12.0 Å². The summed E-state index contributed by atoms with van der Waals surface area (Å²) in [5.41, 5.74) is 0.924. The number of benzene rings is 2. The van der Waals surface area contributed by atoms with Gasteiger partial charge in [-0.1, -0.05) is 72.8 Å². The molecule has 0 heterocycles. The fourth-order valence-electron chi connectivity index (χ4n) is 3.24. The molecule has 2 rings (SSSR count). The van der Waals surface area contributed by atoms with Crippen LogP contribution in [0.25, 0.3) is 0 Å². The van der Waals surface area contributed by atoms with Crippen LogP contribution in [0.5, 0.6) is 0 Å². The summed E-state index contributed by atoms with van der Waals surface area (Å²) >= 11 is 0. The predicted molar refractivity (Wildman–Crippen MR) is 132 cm³/mol. The van der Waals surface area contributed by atoms with Gasteiger partial charge in [0, 0.05) is 0 Å². The number of carbonyl (C=O) groups is 2. The van der Waals surface area contributed by atoms with Crippen molar-refractivity contribution in [1.82, 2.24) is 5.32 Å². The maximum absolute atomic E-state index is 13.0. The van der Waals surface area contributed by atoms with Gasteiger partial charge in [0.15, 0.2) is 0 Å². The van der Waals surface area contributed by atoms with Gasteiger partial charge >= 0.3 is 12.1 Å². The van der Waals surface area contributed by atoms with Crippen LogP contribution in [0, 0.1) is 5.92 Å². The van der Waals surface area contributed by atoms with Crippen LogP contribution in [-0.4, -0.2) is 29.3 Å². The summed E-state index contributed by atoms with van der Waals surface area (Å²) in [6.07, 6.45) is 4.30. The molecule has 1 amide bonds. The topological polar surface area (TPSA) is 64.6 Å². The number of amides is 1. The Morgan fingerprint density at radius 1 is 0.758 bits per heavy atom. The third kappa shape index (κ3) is 10.9. The highest BCUT2D eigenvalue weighted by Crippen LogP contribution is 2.18. The van der Waals surface area contributed by atoms with Crippen molar-refractivity contribution in [2.45, 2.75) is 71.6 Å². The zero-order chi connectivity index (χ0) is 24.5. The minimum atomic E-state index is -0.600. The first kappa shape index (κ1) is 26.2. The highest BCUT2D eigenvalue weighted by molar-refractivity contribution is 5.75. The fourth-order valence-corrected chi connectivity index (χ4v) is 3.24. The van der Waals surface area contributed by atoms with Crippen LogP contribution in [0.4, 0.5) is 4.79 Å². The van der Waals surface area contributed by atoms with E-state index in [0.29, 0.717) is 12.8 Å². The molecule has 0 bridgehead atoms. The molecular weight excluding hydrogens is 414 g/mol. The van der Waals surface area contributed by atoms with Crippen LogP contribution in [0.2, 0.25) is 0 Å². The summed E-state index contributed by atoms with van der Waals surface area (Å²) in [5, 5.41) is 2.93. The molecule has 5 heteroatoms. The van der Waals surface area contributed by atoms with Gasteiger partial charge in [-0.15, -0.1) is 0 Å².